The fourth-order valence-electron chi connectivity index (χ4n) is 4.53. The molecule has 2 heterocycles. The third-order valence-corrected chi connectivity index (χ3v) is 6.56. The molecule has 0 radical (unpaired) electrons. The van der Waals surface area contributed by atoms with Gasteiger partial charge in [0.2, 0.25) is 10.0 Å². The standard InChI is InChI=1S/C26H23N5O5S/c1-15-10-11-21-19(12-15)22(31-25(33)18-8-3-4-9-20(18)28-26(31)34)23(24(32)29-37(2,35)36)30(21)14-16-6-5-7-17(27)13-16/h3-13H,14,27H2,1-2H3,(H,28,34)(H,29,32). The van der Waals surface area contributed by atoms with Gasteiger partial charge in [0, 0.05) is 17.6 Å². The molecular formula is C26H23N5O5S. The minimum Gasteiger partial charge on any atom is -0.399 e. The second kappa shape index (κ2) is 8.79. The number of rotatable bonds is 5. The van der Waals surface area contributed by atoms with E-state index in [2.05, 4.69) is 4.98 Å². The lowest BCUT2D eigenvalue weighted by Gasteiger charge is -2.13. The number of hydrogen-bond donors (Lipinski definition) is 3. The fourth-order valence-corrected chi connectivity index (χ4v) is 4.96. The van der Waals surface area contributed by atoms with Crippen LogP contribution in [-0.2, 0) is 16.6 Å². The number of para-hydroxylation sites is 1. The predicted octanol–water partition coefficient (Wildman–Crippen LogP) is 2.26. The molecule has 0 saturated heterocycles. The molecule has 0 bridgehead atoms. The number of aromatic nitrogens is 3. The van der Waals surface area contributed by atoms with Crippen molar-refractivity contribution in [3.63, 3.8) is 0 Å². The van der Waals surface area contributed by atoms with Crippen LogP contribution in [0.2, 0.25) is 0 Å². The average molecular weight is 518 g/mol. The highest BCUT2D eigenvalue weighted by molar-refractivity contribution is 7.89. The minimum atomic E-state index is -3.97. The zero-order chi connectivity index (χ0) is 26.5. The Morgan fingerprint density at radius 1 is 1.00 bits per heavy atom. The van der Waals surface area contributed by atoms with Crippen molar-refractivity contribution in [2.45, 2.75) is 13.5 Å². The van der Waals surface area contributed by atoms with Crippen LogP contribution in [0, 0.1) is 6.92 Å². The Morgan fingerprint density at radius 3 is 2.49 bits per heavy atom. The summed E-state index contributed by atoms with van der Waals surface area (Å²) in [5, 5.41) is 0.673. The quantitative estimate of drug-likeness (QED) is 0.305. The van der Waals surface area contributed by atoms with Gasteiger partial charge >= 0.3 is 5.69 Å². The normalized spacial score (nSPS) is 11.7. The molecule has 188 valence electrons. The highest BCUT2D eigenvalue weighted by Crippen LogP contribution is 2.31. The van der Waals surface area contributed by atoms with Gasteiger partial charge in [-0.2, -0.15) is 0 Å². The molecular weight excluding hydrogens is 494 g/mol. The van der Waals surface area contributed by atoms with Gasteiger partial charge in [0.15, 0.2) is 0 Å². The van der Waals surface area contributed by atoms with E-state index in [4.69, 9.17) is 5.73 Å². The molecule has 0 saturated carbocycles. The molecule has 5 rings (SSSR count). The van der Waals surface area contributed by atoms with Crippen LogP contribution in [0.25, 0.3) is 27.5 Å². The summed E-state index contributed by atoms with van der Waals surface area (Å²) < 4.78 is 28.6. The summed E-state index contributed by atoms with van der Waals surface area (Å²) in [4.78, 5) is 43.1. The van der Waals surface area contributed by atoms with E-state index in [1.807, 2.05) is 23.8 Å². The van der Waals surface area contributed by atoms with Crippen molar-refractivity contribution >= 4 is 43.4 Å². The first-order valence-corrected chi connectivity index (χ1v) is 13.2. The number of amides is 1. The molecule has 37 heavy (non-hydrogen) atoms. The molecule has 0 fully saturated rings. The number of anilines is 1. The van der Waals surface area contributed by atoms with E-state index in [1.165, 1.54) is 0 Å². The maximum Gasteiger partial charge on any atom is 0.333 e. The number of fused-ring (bicyclic) bond motifs is 2. The maximum absolute atomic E-state index is 13.6. The van der Waals surface area contributed by atoms with Gasteiger partial charge in [-0.25, -0.2) is 22.5 Å². The molecule has 0 aliphatic heterocycles. The monoisotopic (exact) mass is 517 g/mol. The van der Waals surface area contributed by atoms with Crippen molar-refractivity contribution < 1.29 is 13.2 Å². The number of carbonyl (C=O) groups excluding carboxylic acids is 1. The van der Waals surface area contributed by atoms with Gasteiger partial charge in [-0.1, -0.05) is 35.9 Å². The van der Waals surface area contributed by atoms with Gasteiger partial charge < -0.3 is 15.3 Å². The Kier molecular flexibility index (Phi) is 5.72. The SMILES string of the molecule is Cc1ccc2c(c1)c(-n1c(=O)[nH]c3ccccc3c1=O)c(C(=O)NS(C)(=O)=O)n2Cc1cccc(N)c1. The lowest BCUT2D eigenvalue weighted by Crippen LogP contribution is -2.37. The smallest absolute Gasteiger partial charge is 0.333 e. The van der Waals surface area contributed by atoms with Crippen LogP contribution in [0.1, 0.15) is 21.6 Å². The lowest BCUT2D eigenvalue weighted by molar-refractivity contribution is 0.0973. The Bertz CT molecular complexity index is 1950. The largest absolute Gasteiger partial charge is 0.399 e. The topological polar surface area (TPSA) is 149 Å². The van der Waals surface area contributed by atoms with Crippen LogP contribution in [0.4, 0.5) is 5.69 Å². The van der Waals surface area contributed by atoms with Gasteiger partial charge in [-0.15, -0.1) is 0 Å². The van der Waals surface area contributed by atoms with E-state index in [0.29, 0.717) is 22.1 Å². The Labute approximate surface area is 211 Å². The number of aryl methyl sites for hydroxylation is 1. The van der Waals surface area contributed by atoms with E-state index < -0.39 is 27.2 Å². The Morgan fingerprint density at radius 2 is 1.76 bits per heavy atom. The maximum atomic E-state index is 13.6. The number of nitrogens with two attached hydrogens (primary N) is 1. The summed E-state index contributed by atoms with van der Waals surface area (Å²) in [7, 11) is -3.97. The molecule has 0 unspecified atom stereocenters. The van der Waals surface area contributed by atoms with Crippen molar-refractivity contribution in [1.82, 2.24) is 18.8 Å². The average Bonchev–Trinajstić information content (AvgIpc) is 3.11. The van der Waals surface area contributed by atoms with Gasteiger partial charge in [0.05, 0.1) is 28.4 Å². The first-order valence-electron chi connectivity index (χ1n) is 11.3. The minimum absolute atomic E-state index is 0.0132. The molecule has 4 N–H and O–H groups in total. The number of H-pyrrole nitrogens is 1. The summed E-state index contributed by atoms with van der Waals surface area (Å²) in [5.74, 6) is -0.977. The molecule has 5 aromatic rings. The molecule has 3 aromatic carbocycles. The van der Waals surface area contributed by atoms with Gasteiger partial charge in [0.25, 0.3) is 11.5 Å². The summed E-state index contributed by atoms with van der Waals surface area (Å²) in [6.07, 6.45) is 0.856. The highest BCUT2D eigenvalue weighted by Gasteiger charge is 2.28. The summed E-state index contributed by atoms with van der Waals surface area (Å²) in [5.41, 5.74) is 7.31. The zero-order valence-corrected chi connectivity index (χ0v) is 20.8. The molecule has 2 aromatic heterocycles. The highest BCUT2D eigenvalue weighted by atomic mass is 32.2. The van der Waals surface area contributed by atoms with E-state index in [1.54, 1.807) is 59.2 Å². The van der Waals surface area contributed by atoms with Crippen LogP contribution in [-0.4, -0.2) is 34.7 Å². The zero-order valence-electron chi connectivity index (χ0n) is 20.0. The number of carbonyl (C=O) groups is 1. The van der Waals surface area contributed by atoms with E-state index in [0.717, 1.165) is 21.9 Å². The molecule has 0 aliphatic rings. The third-order valence-electron chi connectivity index (χ3n) is 6.01. The van der Waals surface area contributed by atoms with Gasteiger partial charge in [-0.05, 0) is 48.9 Å². The number of benzene rings is 3. The predicted molar refractivity (Wildman–Crippen MR) is 143 cm³/mol. The molecule has 10 nitrogen and oxygen atoms in total. The summed E-state index contributed by atoms with van der Waals surface area (Å²) in [6.45, 7) is 1.96. The van der Waals surface area contributed by atoms with E-state index >= 15 is 0 Å². The van der Waals surface area contributed by atoms with Crippen LogP contribution in [0.15, 0.2) is 76.3 Å². The molecule has 0 spiro atoms. The first kappa shape index (κ1) is 24.1. The number of nitrogens with zero attached hydrogens (tertiary/aromatic N) is 2. The first-order chi connectivity index (χ1) is 17.5. The second-order valence-corrected chi connectivity index (χ2v) is 10.6. The molecule has 0 atom stereocenters. The van der Waals surface area contributed by atoms with Crippen LogP contribution < -0.4 is 21.7 Å². The van der Waals surface area contributed by atoms with Crippen molar-refractivity contribution in [1.29, 1.82) is 0 Å². The number of hydrogen-bond acceptors (Lipinski definition) is 6. The van der Waals surface area contributed by atoms with Crippen LogP contribution in [0.3, 0.4) is 0 Å². The van der Waals surface area contributed by atoms with Crippen LogP contribution in [0.5, 0.6) is 0 Å². The lowest BCUT2D eigenvalue weighted by atomic mass is 10.1. The van der Waals surface area contributed by atoms with Crippen LogP contribution >= 0.6 is 0 Å². The number of aromatic amines is 1. The molecule has 1 amide bonds. The third kappa shape index (κ3) is 4.40. The van der Waals surface area contributed by atoms with Crippen molar-refractivity contribution in [2.75, 3.05) is 12.0 Å². The summed E-state index contributed by atoms with van der Waals surface area (Å²) >= 11 is 0. The Balaban J connectivity index is 1.93. The Hall–Kier alpha value is -4.64. The van der Waals surface area contributed by atoms with Crippen molar-refractivity contribution in [3.05, 3.63) is 104 Å². The second-order valence-electron chi connectivity index (χ2n) is 8.87. The number of sulfonamides is 1. The van der Waals surface area contributed by atoms with Crippen molar-refractivity contribution in [2.24, 2.45) is 0 Å². The molecule has 0 aliphatic carbocycles. The number of nitrogens with one attached hydrogen (secondary N) is 2. The fraction of sp³-hybridized carbons (Fsp3) is 0.115. The number of nitrogen functional groups attached to an aromatic ring is 1. The van der Waals surface area contributed by atoms with Crippen molar-refractivity contribution in [3.8, 4) is 5.69 Å². The van der Waals surface area contributed by atoms with E-state index in [-0.39, 0.29) is 23.3 Å². The van der Waals surface area contributed by atoms with Gasteiger partial charge in [-0.3, -0.25) is 9.59 Å². The summed E-state index contributed by atoms with van der Waals surface area (Å²) in [6, 6.07) is 18.9. The van der Waals surface area contributed by atoms with Gasteiger partial charge in [0.1, 0.15) is 5.69 Å². The van der Waals surface area contributed by atoms with E-state index in [9.17, 15) is 22.8 Å². The molecule has 11 heteroatoms.